The van der Waals surface area contributed by atoms with Gasteiger partial charge in [-0.2, -0.15) is 43.5 Å². The number of nitrogens with zero attached hydrogens (tertiary/aromatic N) is 6. The zero-order chi connectivity index (χ0) is 83.6. The van der Waals surface area contributed by atoms with Crippen molar-refractivity contribution in [3.63, 3.8) is 0 Å². The molecule has 9 rings (SSSR count). The number of benzene rings is 3. The Morgan fingerprint density at radius 2 is 1.40 bits per heavy atom. The third kappa shape index (κ3) is 22.9. The SMILES string of the molecule is C[C@H](NC(=O)c1ccnc(CNC(=O)CCC(=O)NC(CSC2CC(=O)N(CCNC(=O)CCc3ccc(OC4=C(/C=C/C5=[N+](CCCCS(=O)(=O)O)c6ccc(S(=O)(=O)O)cc6C5(C)C)CCC/C4=C\C=C4\N(CCCCS(=O)(=O)O)c5ccc(S(=O)(=O)O)cc5C4(C)C)cc3)C2=O)C(=O)O)c1)C(=O)N1CC(F)(F)C[C@H]1C#N. The fourth-order valence-electron chi connectivity index (χ4n) is 14.1. The van der Waals surface area contributed by atoms with Gasteiger partial charge >= 0.3 is 5.97 Å². The number of pyridine rings is 1. The molecule has 2 unspecified atom stereocenters. The summed E-state index contributed by atoms with van der Waals surface area (Å²) >= 11 is 0.827. The van der Waals surface area contributed by atoms with Crippen molar-refractivity contribution in [2.24, 2.45) is 0 Å². The number of amides is 7. The van der Waals surface area contributed by atoms with E-state index in [1.807, 2.05) is 61.5 Å². The second-order valence-corrected chi connectivity index (χ2v) is 36.4. The molecule has 0 spiro atoms. The molecular formula is C75H89F2N10O22S5+. The summed E-state index contributed by atoms with van der Waals surface area (Å²) in [6, 6.07) is 15.4. The summed E-state index contributed by atoms with van der Waals surface area (Å²) in [6.45, 7) is 7.71. The van der Waals surface area contributed by atoms with Gasteiger partial charge in [0.25, 0.3) is 52.3 Å². The van der Waals surface area contributed by atoms with Crippen LogP contribution in [0.15, 0.2) is 136 Å². The van der Waals surface area contributed by atoms with Crippen LogP contribution in [-0.2, 0) is 97.8 Å². The first-order valence-electron chi connectivity index (χ1n) is 36.4. The summed E-state index contributed by atoms with van der Waals surface area (Å²) in [5, 5.41) is 28.2. The van der Waals surface area contributed by atoms with Crippen molar-refractivity contribution in [1.82, 2.24) is 36.1 Å². The molecule has 32 nitrogen and oxygen atoms in total. The lowest BCUT2D eigenvalue weighted by atomic mass is 9.81. The fourth-order valence-corrected chi connectivity index (χ4v) is 17.4. The molecule has 3 aromatic carbocycles. The molecule has 0 saturated carbocycles. The van der Waals surface area contributed by atoms with Crippen molar-refractivity contribution >= 4 is 117 Å². The number of imide groups is 1. The van der Waals surface area contributed by atoms with Gasteiger partial charge in [-0.3, -0.25) is 61.7 Å². The molecule has 4 atom stereocenters. The molecule has 39 heteroatoms. The highest BCUT2D eigenvalue weighted by molar-refractivity contribution is 8.00. The number of halogens is 2. The van der Waals surface area contributed by atoms with Gasteiger partial charge in [0, 0.05) is 110 Å². The van der Waals surface area contributed by atoms with Gasteiger partial charge in [-0.25, -0.2) is 13.6 Å². The molecule has 0 bridgehead atoms. The first-order valence-corrected chi connectivity index (χ1v) is 43.5. The lowest BCUT2D eigenvalue weighted by Crippen LogP contribution is -2.48. The number of likely N-dealkylation sites (tertiary alicyclic amines) is 2. The Hall–Kier alpha value is -9.66. The van der Waals surface area contributed by atoms with Crippen molar-refractivity contribution in [3.8, 4) is 11.8 Å². The number of carbonyl (C=O) groups is 8. The Kier molecular flexibility index (Phi) is 28.2. The number of fused-ring (bicyclic) bond motifs is 2. The summed E-state index contributed by atoms with van der Waals surface area (Å²) in [6.07, 6.45) is 9.23. The summed E-state index contributed by atoms with van der Waals surface area (Å²) < 4.78 is 173. The highest BCUT2D eigenvalue weighted by Crippen LogP contribution is 2.49. The third-order valence-electron chi connectivity index (χ3n) is 20.0. The van der Waals surface area contributed by atoms with Gasteiger partial charge in [0.05, 0.1) is 56.8 Å². The van der Waals surface area contributed by atoms with E-state index in [-0.39, 0.29) is 104 Å². The number of carboxylic acid groups (broad SMARTS) is 1. The largest absolute Gasteiger partial charge is 0.480 e. The van der Waals surface area contributed by atoms with Gasteiger partial charge < -0.3 is 40.9 Å². The minimum atomic E-state index is -4.64. The van der Waals surface area contributed by atoms with Gasteiger partial charge in [0.2, 0.25) is 41.1 Å². The van der Waals surface area contributed by atoms with Gasteiger partial charge in [-0.05, 0) is 155 Å². The Balaban J connectivity index is 0.819. The van der Waals surface area contributed by atoms with Crippen LogP contribution < -0.4 is 30.9 Å². The molecule has 1 aliphatic carbocycles. The van der Waals surface area contributed by atoms with Crippen LogP contribution in [0.25, 0.3) is 0 Å². The Bertz CT molecular complexity index is 5160. The zero-order valence-electron chi connectivity index (χ0n) is 62.8. The number of hydrogen-bond donors (Lipinski definition) is 9. The maximum absolute atomic E-state index is 14.0. The van der Waals surface area contributed by atoms with Crippen molar-refractivity contribution in [2.45, 2.75) is 175 Å². The lowest BCUT2D eigenvalue weighted by molar-refractivity contribution is -0.438. The van der Waals surface area contributed by atoms with E-state index in [1.54, 1.807) is 42.5 Å². The van der Waals surface area contributed by atoms with Crippen molar-refractivity contribution in [3.05, 3.63) is 154 Å². The summed E-state index contributed by atoms with van der Waals surface area (Å²) in [5.74, 6) is -10.0. The molecule has 2 fully saturated rings. The molecule has 7 amide bonds. The predicted octanol–water partition coefficient (Wildman–Crippen LogP) is 6.42. The summed E-state index contributed by atoms with van der Waals surface area (Å²) in [5.41, 5.74) is 4.11. The normalized spacial score (nSPS) is 19.3. The van der Waals surface area contributed by atoms with Gasteiger partial charge in [-0.1, -0.05) is 32.1 Å². The van der Waals surface area contributed by atoms with E-state index in [0.29, 0.717) is 86.3 Å². The van der Waals surface area contributed by atoms with Crippen LogP contribution in [-0.4, -0.2) is 209 Å². The molecular weight excluding hydrogens is 1590 g/mol. The molecule has 114 heavy (non-hydrogen) atoms. The molecule has 5 heterocycles. The summed E-state index contributed by atoms with van der Waals surface area (Å²) in [4.78, 5) is 111. The predicted molar refractivity (Wildman–Crippen MR) is 412 cm³/mol. The zero-order valence-corrected chi connectivity index (χ0v) is 66.9. The molecule has 614 valence electrons. The number of aryl methyl sites for hydroxylation is 1. The molecule has 5 aliphatic rings. The Morgan fingerprint density at radius 1 is 0.754 bits per heavy atom. The Morgan fingerprint density at radius 3 is 2.06 bits per heavy atom. The maximum Gasteiger partial charge on any atom is 0.327 e. The first kappa shape index (κ1) is 88.3. The van der Waals surface area contributed by atoms with Crippen LogP contribution in [0.2, 0.25) is 0 Å². The number of aromatic nitrogens is 1. The minimum Gasteiger partial charge on any atom is -0.480 e. The van der Waals surface area contributed by atoms with Crippen molar-refractivity contribution < 1.29 is 113 Å². The number of carboxylic acids is 1. The smallest absolute Gasteiger partial charge is 0.327 e. The van der Waals surface area contributed by atoms with E-state index in [9.17, 15) is 109 Å². The number of carbonyl (C=O) groups excluding carboxylic acids is 7. The average Bonchev–Trinajstić information content (AvgIpc) is 1.59. The quantitative estimate of drug-likeness (QED) is 0.0103. The van der Waals surface area contributed by atoms with E-state index in [4.69, 9.17) is 4.74 Å². The monoisotopic (exact) mass is 1680 g/mol. The molecule has 2 saturated heterocycles. The maximum atomic E-state index is 14.0. The third-order valence-corrected chi connectivity index (χ3v) is 24.6. The average molecular weight is 1680 g/mol. The number of hydrogen-bond acceptors (Lipinski definition) is 21. The summed E-state index contributed by atoms with van der Waals surface area (Å²) in [7, 11) is -17.9. The molecule has 1 aromatic heterocycles. The van der Waals surface area contributed by atoms with E-state index in [2.05, 4.69) is 26.3 Å². The number of nitriles is 1. The van der Waals surface area contributed by atoms with Crippen LogP contribution in [0.4, 0.5) is 20.2 Å². The number of thioether (sulfide) groups is 1. The number of aliphatic carboxylic acids is 1. The second kappa shape index (κ2) is 36.4. The highest BCUT2D eigenvalue weighted by atomic mass is 32.2. The number of rotatable bonds is 36. The van der Waals surface area contributed by atoms with Crippen LogP contribution in [0, 0.1) is 11.3 Å². The van der Waals surface area contributed by atoms with Gasteiger partial charge in [-0.15, -0.1) is 11.8 Å². The molecule has 4 aliphatic heterocycles. The molecule has 4 aromatic rings. The molecule has 9 N–H and O–H groups in total. The number of alkyl halides is 2. The number of allylic oxidation sites excluding steroid dienone is 7. The number of anilines is 1. The van der Waals surface area contributed by atoms with Crippen molar-refractivity contribution in [1.29, 1.82) is 5.26 Å². The highest BCUT2D eigenvalue weighted by Gasteiger charge is 2.49. The van der Waals surface area contributed by atoms with Crippen molar-refractivity contribution in [2.75, 3.05) is 54.9 Å². The first-order chi connectivity index (χ1) is 53.3. The van der Waals surface area contributed by atoms with Crippen LogP contribution in [0.1, 0.15) is 144 Å². The van der Waals surface area contributed by atoms with Crippen LogP contribution in [0.3, 0.4) is 0 Å². The lowest BCUT2D eigenvalue weighted by Gasteiger charge is -2.27. The number of nitrogens with one attached hydrogen (secondary N) is 4. The van der Waals surface area contributed by atoms with E-state index in [0.717, 1.165) is 16.7 Å². The van der Waals surface area contributed by atoms with Crippen LogP contribution in [0.5, 0.6) is 5.75 Å². The topological polar surface area (TPSA) is 481 Å². The van der Waals surface area contributed by atoms with E-state index in [1.165, 1.54) is 49.5 Å². The standard InChI is InChI=1S/C75H88F2N10O22S5/c1-46(70(93)87-45-75(76,77)41-52(87)42-78)82-69(92)50-29-30-79-51(37-50)43-81-65(89)27-28-66(90)83-58(72(95)96)44-110-61-40-67(91)86(71(61)94)34-31-80-64(88)26-15-47-13-18-53(19-14-47)109-68-48(16-24-62-73(2,3)56-38-54(113(103,104)105)20-22-59(56)84(62)32-6-8-35-111(97,98)99)11-10-12-49(68)17-25-63-74(4,5)57-39-55(114(106,107)108)21-23-60(57)85(63)33-7-9-36-112(100,101)102/h13-14,16-25,29-30,37-39,46,52,58,61H,6-12,15,26-28,31-36,40-41,43-45H2,1-5H3,(H8-,80,81,82,83,88,89,90,92,95,96,97,98,99,100,101,102,103,104,105,106,107,108)/p+1/t46-,52-,58?,61?/m0/s1. The van der Waals surface area contributed by atoms with Crippen LogP contribution >= 0.6 is 11.8 Å². The van der Waals surface area contributed by atoms with Gasteiger partial charge in [0.15, 0.2) is 5.71 Å². The van der Waals surface area contributed by atoms with E-state index < -0.39 is 165 Å². The molecule has 0 radical (unpaired) electrons. The number of unbranched alkanes of at least 4 members (excludes halogenated alkanes) is 2. The van der Waals surface area contributed by atoms with Gasteiger partial charge in [0.1, 0.15) is 36.2 Å². The number of ether oxygens (including phenoxy) is 1. The second-order valence-electron chi connectivity index (χ2n) is 29.2. The Labute approximate surface area is 662 Å². The van der Waals surface area contributed by atoms with E-state index >= 15 is 0 Å². The minimum absolute atomic E-state index is 0.00299. The fraction of sp³-hybridized carbons (Fsp3) is 0.453.